The Morgan fingerprint density at radius 1 is 1.27 bits per heavy atom. The largest absolute Gasteiger partial charge is 0.481 e. The average molecular weight is 551 g/mol. The van der Waals surface area contributed by atoms with Crippen molar-refractivity contribution in [3.05, 3.63) is 80.8 Å². The van der Waals surface area contributed by atoms with Gasteiger partial charge in [0, 0.05) is 19.7 Å². The number of carbonyl (C=O) groups excluding carboxylic acids is 1. The fraction of sp³-hybridized carbons (Fsp3) is 0.333. The molecule has 3 N–H and O–H groups in total. The summed E-state index contributed by atoms with van der Waals surface area (Å²) in [6.45, 7) is 5.07. The van der Waals surface area contributed by atoms with Crippen molar-refractivity contribution < 1.29 is 29.1 Å². The van der Waals surface area contributed by atoms with Crippen LogP contribution >= 0.6 is 0 Å². The Kier molecular flexibility index (Phi) is 9.08. The van der Waals surface area contributed by atoms with Gasteiger partial charge in [0.2, 0.25) is 0 Å². The molecule has 0 radical (unpaired) electrons. The molecule has 1 amide bonds. The summed E-state index contributed by atoms with van der Waals surface area (Å²) < 4.78 is 11.8. The average Bonchev–Trinajstić information content (AvgIpc) is 2.90. The van der Waals surface area contributed by atoms with Crippen LogP contribution in [0.1, 0.15) is 41.8 Å². The molecule has 210 valence electrons. The van der Waals surface area contributed by atoms with Gasteiger partial charge in [-0.25, -0.2) is 15.8 Å². The maximum atomic E-state index is 12.4. The van der Waals surface area contributed by atoms with Crippen LogP contribution < -0.4 is 15.3 Å². The second-order valence-corrected chi connectivity index (χ2v) is 9.40. The number of hydrogen-bond donors (Lipinski definition) is 2. The van der Waals surface area contributed by atoms with E-state index in [1.165, 1.54) is 35.2 Å². The number of nitrogens with two attached hydrogens (primary N) is 1. The van der Waals surface area contributed by atoms with E-state index in [0.29, 0.717) is 23.1 Å². The molecule has 13 nitrogen and oxygen atoms in total. The van der Waals surface area contributed by atoms with Crippen molar-refractivity contribution in [2.24, 2.45) is 22.7 Å². The van der Waals surface area contributed by atoms with Gasteiger partial charge in [-0.15, -0.1) is 0 Å². The summed E-state index contributed by atoms with van der Waals surface area (Å²) in [7, 11) is 3.18. The van der Waals surface area contributed by atoms with Gasteiger partial charge >= 0.3 is 11.7 Å². The molecule has 2 aromatic rings. The number of carboxylic acid groups (broad SMARTS) is 1. The predicted octanol–water partition coefficient (Wildman–Crippen LogP) is 3.13. The Hall–Kier alpha value is -4.96. The number of aryl methyl sites for hydroxylation is 1. The van der Waals surface area contributed by atoms with Gasteiger partial charge in [-0.05, 0) is 54.8 Å². The lowest BCUT2D eigenvalue weighted by atomic mass is 9.86. The molecule has 0 saturated carbocycles. The van der Waals surface area contributed by atoms with Gasteiger partial charge in [-0.3, -0.25) is 19.7 Å². The zero-order valence-corrected chi connectivity index (χ0v) is 22.7. The van der Waals surface area contributed by atoms with E-state index in [0.717, 1.165) is 5.01 Å². The smallest absolute Gasteiger partial charge is 0.352 e. The number of nitro groups is 1. The second kappa shape index (κ2) is 12.3. The number of nitrogens with zero attached hydrogens (tertiary/aromatic N) is 5. The zero-order valence-electron chi connectivity index (χ0n) is 22.7. The van der Waals surface area contributed by atoms with E-state index in [-0.39, 0.29) is 23.1 Å². The molecule has 0 aromatic heterocycles. The summed E-state index contributed by atoms with van der Waals surface area (Å²) in [5, 5.41) is 32.4. The number of ether oxygens (including phenoxy) is 2. The van der Waals surface area contributed by atoms with Crippen LogP contribution in [-0.2, 0) is 4.79 Å². The number of hydrazine groups is 1. The molecule has 1 aliphatic rings. The minimum absolute atomic E-state index is 0.121. The standard InChI is InChI=1S/C27H30N6O7/c1-6-15(2)21(26(35)36)22-23(33(37)38)25(39-20-11-10-18(14-28)16(3)12-20)32(29)27(30-22)40-19-9-7-8-17(13-19)24(34)31(4)5/h7-13,15,21,27H,6,29H2,1-5H3,(H,35,36). The highest BCUT2D eigenvalue weighted by Crippen LogP contribution is 2.32. The Morgan fingerprint density at radius 2 is 1.98 bits per heavy atom. The molecule has 0 spiro atoms. The minimum Gasteiger partial charge on any atom is -0.481 e. The van der Waals surface area contributed by atoms with E-state index < -0.39 is 40.7 Å². The number of nitriles is 1. The number of carbonyl (C=O) groups is 2. The molecule has 3 unspecified atom stereocenters. The summed E-state index contributed by atoms with van der Waals surface area (Å²) >= 11 is 0. The van der Waals surface area contributed by atoms with Gasteiger partial charge in [0.05, 0.1) is 16.6 Å². The molecule has 0 fully saturated rings. The van der Waals surface area contributed by atoms with Crippen molar-refractivity contribution in [2.45, 2.75) is 33.5 Å². The lowest BCUT2D eigenvalue weighted by molar-refractivity contribution is -0.420. The molecule has 1 aliphatic heterocycles. The molecule has 0 bridgehead atoms. The first-order valence-corrected chi connectivity index (χ1v) is 12.3. The van der Waals surface area contributed by atoms with E-state index in [1.54, 1.807) is 47.0 Å². The van der Waals surface area contributed by atoms with Gasteiger partial charge in [-0.2, -0.15) is 5.26 Å². The number of benzene rings is 2. The molecule has 13 heteroatoms. The third-order valence-electron chi connectivity index (χ3n) is 6.38. The lowest BCUT2D eigenvalue weighted by Crippen LogP contribution is -2.51. The lowest BCUT2D eigenvalue weighted by Gasteiger charge is -2.33. The summed E-state index contributed by atoms with van der Waals surface area (Å²) in [5.41, 5.74) is 0.130. The summed E-state index contributed by atoms with van der Waals surface area (Å²) in [6, 6.07) is 12.6. The fourth-order valence-corrected chi connectivity index (χ4v) is 4.04. The molecular weight excluding hydrogens is 520 g/mol. The number of allylic oxidation sites excluding steroid dienone is 1. The highest BCUT2D eigenvalue weighted by atomic mass is 16.6. The number of amides is 1. The monoisotopic (exact) mass is 550 g/mol. The van der Waals surface area contributed by atoms with Crippen LogP contribution in [0.5, 0.6) is 11.5 Å². The molecule has 40 heavy (non-hydrogen) atoms. The maximum Gasteiger partial charge on any atom is 0.352 e. The van der Waals surface area contributed by atoms with Crippen LogP contribution in [0.15, 0.2) is 59.0 Å². The SMILES string of the molecule is CCC(C)C(C(=O)O)C1=NC(Oc2cccc(C(=O)N(C)C)c2)N(N)C(Oc2ccc(C#N)c(C)c2)=C1[N+](=O)[O-]. The second-order valence-electron chi connectivity index (χ2n) is 9.40. The first-order chi connectivity index (χ1) is 18.9. The van der Waals surface area contributed by atoms with E-state index >= 15 is 0 Å². The van der Waals surface area contributed by atoms with E-state index in [1.807, 2.05) is 6.07 Å². The zero-order chi connectivity index (χ0) is 29.7. The number of hydrogen-bond acceptors (Lipinski definition) is 10. The van der Waals surface area contributed by atoms with Crippen LogP contribution in [-0.4, -0.2) is 58.0 Å². The van der Waals surface area contributed by atoms with Crippen molar-refractivity contribution in [1.29, 1.82) is 5.26 Å². The Bertz CT molecular complexity index is 1430. The summed E-state index contributed by atoms with van der Waals surface area (Å²) in [5.74, 6) is 2.52. The minimum atomic E-state index is -1.48. The topological polar surface area (TPSA) is 185 Å². The number of carboxylic acids is 1. The third kappa shape index (κ3) is 6.19. The first-order valence-electron chi connectivity index (χ1n) is 12.3. The van der Waals surface area contributed by atoms with E-state index in [9.17, 15) is 30.1 Å². The van der Waals surface area contributed by atoms with Gasteiger partial charge in [0.15, 0.2) is 0 Å². The van der Waals surface area contributed by atoms with Gasteiger partial charge in [-0.1, -0.05) is 26.3 Å². The molecule has 3 rings (SSSR count). The van der Waals surface area contributed by atoms with Gasteiger partial charge in [0.1, 0.15) is 23.1 Å². The molecule has 2 aromatic carbocycles. The number of aliphatic carboxylic acids is 1. The number of aliphatic imine (C=N–C) groups is 1. The van der Waals surface area contributed by atoms with Crippen LogP contribution in [0.25, 0.3) is 0 Å². The van der Waals surface area contributed by atoms with Gasteiger partial charge in [0.25, 0.3) is 18.1 Å². The van der Waals surface area contributed by atoms with Crippen LogP contribution in [0, 0.1) is 40.2 Å². The van der Waals surface area contributed by atoms with E-state index in [2.05, 4.69) is 4.99 Å². The summed E-state index contributed by atoms with van der Waals surface area (Å²) in [6.07, 6.45) is -1.10. The Morgan fingerprint density at radius 3 is 2.52 bits per heavy atom. The highest BCUT2D eigenvalue weighted by Gasteiger charge is 2.46. The van der Waals surface area contributed by atoms with Gasteiger partial charge < -0.3 is 19.5 Å². The molecule has 3 atom stereocenters. The fourth-order valence-electron chi connectivity index (χ4n) is 4.04. The van der Waals surface area contributed by atoms with Crippen molar-refractivity contribution >= 4 is 17.6 Å². The normalized spacial score (nSPS) is 16.4. The molecule has 0 aliphatic carbocycles. The predicted molar refractivity (Wildman–Crippen MR) is 143 cm³/mol. The van der Waals surface area contributed by atoms with Crippen molar-refractivity contribution in [3.8, 4) is 17.6 Å². The van der Waals surface area contributed by atoms with E-state index in [4.69, 9.17) is 15.3 Å². The molecule has 1 heterocycles. The highest BCUT2D eigenvalue weighted by molar-refractivity contribution is 6.10. The molecule has 0 saturated heterocycles. The van der Waals surface area contributed by atoms with Crippen LogP contribution in [0.3, 0.4) is 0 Å². The van der Waals surface area contributed by atoms with Crippen LogP contribution in [0.4, 0.5) is 0 Å². The Balaban J connectivity index is 2.17. The molecular formula is C27H30N6O7. The summed E-state index contributed by atoms with van der Waals surface area (Å²) in [4.78, 5) is 42.0. The number of rotatable bonds is 10. The maximum absolute atomic E-state index is 12.4. The third-order valence-corrected chi connectivity index (χ3v) is 6.38. The first kappa shape index (κ1) is 29.6. The van der Waals surface area contributed by atoms with Crippen molar-refractivity contribution in [3.63, 3.8) is 0 Å². The van der Waals surface area contributed by atoms with Crippen molar-refractivity contribution in [1.82, 2.24) is 9.91 Å². The quantitative estimate of drug-likeness (QED) is 0.253. The van der Waals surface area contributed by atoms with Crippen molar-refractivity contribution in [2.75, 3.05) is 14.1 Å². The van der Waals surface area contributed by atoms with Crippen LogP contribution in [0.2, 0.25) is 0 Å². The Labute approximate surface area is 230 Å².